The Labute approximate surface area is 217 Å². The van der Waals surface area contributed by atoms with Gasteiger partial charge in [0.1, 0.15) is 30.0 Å². The highest BCUT2D eigenvalue weighted by atomic mass is 16.5. The minimum absolute atomic E-state index is 0.0827. The van der Waals surface area contributed by atoms with Crippen molar-refractivity contribution >= 4 is 33.7 Å². The Bertz CT molecular complexity index is 1830. The van der Waals surface area contributed by atoms with Gasteiger partial charge in [0.15, 0.2) is 11.5 Å². The molecule has 38 heavy (non-hydrogen) atoms. The summed E-state index contributed by atoms with van der Waals surface area (Å²) in [5.74, 6) is 1.64. The molecule has 0 radical (unpaired) electrons. The first kappa shape index (κ1) is 22.2. The van der Waals surface area contributed by atoms with Gasteiger partial charge in [-0.1, -0.05) is 54.6 Å². The second-order valence-corrected chi connectivity index (χ2v) is 9.36. The number of anilines is 1. The van der Waals surface area contributed by atoms with Gasteiger partial charge >= 0.3 is 0 Å². The Hall–Kier alpha value is -5.05. The van der Waals surface area contributed by atoms with Crippen molar-refractivity contribution in [3.63, 3.8) is 0 Å². The average Bonchev–Trinajstić information content (AvgIpc) is 3.56. The number of hydrogen-bond acceptors (Lipinski definition) is 6. The van der Waals surface area contributed by atoms with E-state index in [9.17, 15) is 4.79 Å². The van der Waals surface area contributed by atoms with Gasteiger partial charge in [0, 0.05) is 17.9 Å². The van der Waals surface area contributed by atoms with Crippen molar-refractivity contribution < 1.29 is 9.53 Å². The third-order valence-corrected chi connectivity index (χ3v) is 7.04. The van der Waals surface area contributed by atoms with E-state index in [0.29, 0.717) is 35.8 Å². The van der Waals surface area contributed by atoms with Crippen LogP contribution in [0.25, 0.3) is 27.8 Å². The zero-order valence-corrected chi connectivity index (χ0v) is 20.5. The van der Waals surface area contributed by atoms with E-state index in [1.165, 1.54) is 17.1 Å². The first-order valence-corrected chi connectivity index (χ1v) is 12.4. The average molecular weight is 502 g/mol. The van der Waals surface area contributed by atoms with E-state index in [2.05, 4.69) is 55.6 Å². The number of aromatic amines is 1. The van der Waals surface area contributed by atoms with Crippen molar-refractivity contribution in [2.45, 2.75) is 25.9 Å². The molecule has 0 saturated carbocycles. The Kier molecular flexibility index (Phi) is 5.14. The van der Waals surface area contributed by atoms with E-state index in [0.717, 1.165) is 28.1 Å². The Morgan fingerprint density at radius 1 is 1.03 bits per heavy atom. The summed E-state index contributed by atoms with van der Waals surface area (Å²) >= 11 is 0. The van der Waals surface area contributed by atoms with Crippen molar-refractivity contribution in [2.75, 3.05) is 5.32 Å². The van der Waals surface area contributed by atoms with Crippen LogP contribution in [0.4, 0.5) is 5.82 Å². The molecular formula is C29H23N7O2. The van der Waals surface area contributed by atoms with Crippen molar-refractivity contribution in [3.05, 3.63) is 102 Å². The van der Waals surface area contributed by atoms with Gasteiger partial charge in [-0.15, -0.1) is 0 Å². The summed E-state index contributed by atoms with van der Waals surface area (Å²) in [5, 5.41) is 10.1. The summed E-state index contributed by atoms with van der Waals surface area (Å²) in [4.78, 5) is 28.8. The van der Waals surface area contributed by atoms with Crippen LogP contribution in [-0.4, -0.2) is 35.6 Å². The molecule has 1 aliphatic rings. The Morgan fingerprint density at radius 3 is 2.84 bits per heavy atom. The van der Waals surface area contributed by atoms with Gasteiger partial charge in [0.05, 0.1) is 12.0 Å². The fraction of sp³-hybridized carbons (Fsp3) is 0.138. The van der Waals surface area contributed by atoms with E-state index < -0.39 is 0 Å². The topological polar surface area (TPSA) is 111 Å². The predicted octanol–water partition coefficient (Wildman–Crippen LogP) is 5.05. The normalized spacial score (nSPS) is 15.0. The van der Waals surface area contributed by atoms with Crippen LogP contribution in [-0.2, 0) is 11.4 Å². The first-order chi connectivity index (χ1) is 18.7. The number of hydrogen-bond donors (Lipinski definition) is 2. The largest absolute Gasteiger partial charge is 0.489 e. The number of aromatic nitrogens is 6. The van der Waals surface area contributed by atoms with E-state index in [1.807, 2.05) is 43.3 Å². The van der Waals surface area contributed by atoms with Gasteiger partial charge in [-0.2, -0.15) is 9.78 Å². The van der Waals surface area contributed by atoms with Crippen LogP contribution in [0.5, 0.6) is 5.75 Å². The molecular weight excluding hydrogens is 478 g/mol. The smallest absolute Gasteiger partial charge is 0.226 e. The van der Waals surface area contributed by atoms with Crippen molar-refractivity contribution in [3.8, 4) is 11.6 Å². The summed E-state index contributed by atoms with van der Waals surface area (Å²) in [6.07, 6.45) is 3.33. The van der Waals surface area contributed by atoms with Gasteiger partial charge in [-0.05, 0) is 41.0 Å². The molecule has 3 aromatic heterocycles. The maximum Gasteiger partial charge on any atom is 0.226 e. The first-order valence-electron chi connectivity index (χ1n) is 12.4. The summed E-state index contributed by atoms with van der Waals surface area (Å²) < 4.78 is 7.91. The number of rotatable bonds is 5. The fourth-order valence-corrected chi connectivity index (χ4v) is 5.30. The Balaban J connectivity index is 1.24. The van der Waals surface area contributed by atoms with Gasteiger partial charge in [-0.3, -0.25) is 4.79 Å². The molecule has 9 heteroatoms. The highest BCUT2D eigenvalue weighted by Crippen LogP contribution is 2.41. The molecule has 0 bridgehead atoms. The van der Waals surface area contributed by atoms with Gasteiger partial charge < -0.3 is 15.0 Å². The lowest BCUT2D eigenvalue weighted by molar-refractivity contribution is -0.116. The molecule has 7 rings (SSSR count). The lowest BCUT2D eigenvalue weighted by Crippen LogP contribution is -2.25. The standard InChI is InChI=1S/C29H23N7O2/c1-17-25-23(13-24(37)34-28(25)36(35-17)29-26-27(31-15-30-26)32-16-33-29)19-8-5-10-21(12-19)38-14-20-9-4-7-18-6-2-3-11-22(18)20/h2-12,15-16,23H,13-14H2,1H3,(H,34,37)(H,30,31,32,33)/t23-/m1/s1. The molecule has 0 spiro atoms. The molecule has 1 atom stereocenters. The van der Waals surface area contributed by atoms with Crippen LogP contribution in [0.1, 0.15) is 34.7 Å². The molecule has 4 heterocycles. The summed E-state index contributed by atoms with van der Waals surface area (Å²) in [7, 11) is 0. The minimum Gasteiger partial charge on any atom is -0.489 e. The number of H-pyrrole nitrogens is 1. The molecule has 0 fully saturated rings. The lowest BCUT2D eigenvalue weighted by atomic mass is 9.85. The Morgan fingerprint density at radius 2 is 1.89 bits per heavy atom. The van der Waals surface area contributed by atoms with E-state index in [-0.39, 0.29) is 11.8 Å². The summed E-state index contributed by atoms with van der Waals surface area (Å²) in [6, 6.07) is 22.5. The van der Waals surface area contributed by atoms with Crippen LogP contribution in [0.3, 0.4) is 0 Å². The quantitative estimate of drug-likeness (QED) is 0.342. The number of fused-ring (bicyclic) bond motifs is 3. The van der Waals surface area contributed by atoms with Crippen molar-refractivity contribution in [1.82, 2.24) is 29.7 Å². The van der Waals surface area contributed by atoms with Gasteiger partial charge in [0.25, 0.3) is 0 Å². The molecule has 6 aromatic rings. The lowest BCUT2D eigenvalue weighted by Gasteiger charge is -2.24. The molecule has 0 aliphatic carbocycles. The zero-order chi connectivity index (χ0) is 25.6. The molecule has 9 nitrogen and oxygen atoms in total. The number of amides is 1. The molecule has 2 N–H and O–H groups in total. The molecule has 0 saturated heterocycles. The maximum atomic E-state index is 12.9. The van der Waals surface area contributed by atoms with E-state index in [4.69, 9.17) is 9.84 Å². The predicted molar refractivity (Wildman–Crippen MR) is 143 cm³/mol. The maximum absolute atomic E-state index is 12.9. The van der Waals surface area contributed by atoms with Crippen LogP contribution in [0.15, 0.2) is 79.4 Å². The number of carbonyl (C=O) groups excluding carboxylic acids is 1. The van der Waals surface area contributed by atoms with E-state index >= 15 is 0 Å². The highest BCUT2D eigenvalue weighted by molar-refractivity contribution is 5.95. The number of ether oxygens (including phenoxy) is 1. The number of aryl methyl sites for hydroxylation is 1. The molecule has 1 aliphatic heterocycles. The second kappa shape index (κ2) is 8.81. The monoisotopic (exact) mass is 501 g/mol. The molecule has 1 amide bonds. The van der Waals surface area contributed by atoms with Crippen molar-refractivity contribution in [1.29, 1.82) is 0 Å². The summed E-state index contributed by atoms with van der Waals surface area (Å²) in [5.41, 5.74) is 5.08. The SMILES string of the molecule is Cc1nn(-c2ncnc3nc[nH]c23)c2c1[C@@H](c1cccc(OCc3cccc4ccccc34)c1)CC(=O)N2. The van der Waals surface area contributed by atoms with Gasteiger partial charge in [-0.25, -0.2) is 15.0 Å². The van der Waals surface area contributed by atoms with Crippen LogP contribution in [0, 0.1) is 6.92 Å². The minimum atomic E-state index is -0.173. The number of imidazole rings is 1. The molecule has 0 unspecified atom stereocenters. The van der Waals surface area contributed by atoms with Gasteiger partial charge in [0.2, 0.25) is 5.91 Å². The van der Waals surface area contributed by atoms with Crippen molar-refractivity contribution in [2.24, 2.45) is 0 Å². The van der Waals surface area contributed by atoms with Crippen LogP contribution >= 0.6 is 0 Å². The second-order valence-electron chi connectivity index (χ2n) is 9.36. The van der Waals surface area contributed by atoms with Crippen LogP contribution in [0.2, 0.25) is 0 Å². The third kappa shape index (κ3) is 3.67. The molecule has 3 aromatic carbocycles. The highest BCUT2D eigenvalue weighted by Gasteiger charge is 2.33. The number of benzene rings is 3. The number of carbonyl (C=O) groups is 1. The zero-order valence-electron chi connectivity index (χ0n) is 20.5. The number of nitrogens with zero attached hydrogens (tertiary/aromatic N) is 5. The fourth-order valence-electron chi connectivity index (χ4n) is 5.30. The molecule has 186 valence electrons. The summed E-state index contributed by atoms with van der Waals surface area (Å²) in [6.45, 7) is 2.40. The third-order valence-electron chi connectivity index (χ3n) is 7.04. The van der Waals surface area contributed by atoms with E-state index in [1.54, 1.807) is 11.0 Å². The van der Waals surface area contributed by atoms with Crippen LogP contribution < -0.4 is 10.1 Å². The number of nitrogens with one attached hydrogen (secondary N) is 2.